The molecule has 0 bridgehead atoms. The van der Waals surface area contributed by atoms with Crippen LogP contribution in [0, 0.1) is 6.92 Å². The highest BCUT2D eigenvalue weighted by Gasteiger charge is 2.22. The van der Waals surface area contributed by atoms with E-state index in [-0.39, 0.29) is 6.61 Å². The summed E-state index contributed by atoms with van der Waals surface area (Å²) in [6.07, 6.45) is 2.30. The van der Waals surface area contributed by atoms with Gasteiger partial charge in [-0.1, -0.05) is 42.0 Å². The van der Waals surface area contributed by atoms with E-state index in [1.807, 2.05) is 18.2 Å². The molecule has 3 heteroatoms. The van der Waals surface area contributed by atoms with Crippen LogP contribution in [-0.2, 0) is 13.0 Å². The number of hydrogen-bond acceptors (Lipinski definition) is 3. The second kappa shape index (κ2) is 6.95. The van der Waals surface area contributed by atoms with Crippen molar-refractivity contribution >= 4 is 0 Å². The smallest absolute Gasteiger partial charge is 0.123 e. The minimum absolute atomic E-state index is 0.0387. The predicted octanol–water partition coefficient (Wildman–Crippen LogP) is 3.14. The minimum atomic E-state index is 0.0387. The standard InChI is InChI=1S/C19H23NO2/c1-14-6-7-15-8-9-18(17(15)12-14)20-13-16-4-2-3-5-19(16)22-11-10-21/h2-7,12,18,20-21H,8-11,13H2,1H3/t18-/m0/s1. The van der Waals surface area contributed by atoms with E-state index < -0.39 is 0 Å². The monoisotopic (exact) mass is 297 g/mol. The van der Waals surface area contributed by atoms with E-state index in [9.17, 15) is 0 Å². The van der Waals surface area contributed by atoms with E-state index in [0.29, 0.717) is 12.6 Å². The first-order chi connectivity index (χ1) is 10.8. The summed E-state index contributed by atoms with van der Waals surface area (Å²) in [6.45, 7) is 3.30. The normalized spacial score (nSPS) is 16.5. The van der Waals surface area contributed by atoms with Crippen molar-refractivity contribution in [1.29, 1.82) is 0 Å². The number of rotatable bonds is 6. The Balaban J connectivity index is 1.68. The van der Waals surface area contributed by atoms with Crippen molar-refractivity contribution in [2.45, 2.75) is 32.4 Å². The zero-order valence-corrected chi connectivity index (χ0v) is 13.0. The van der Waals surface area contributed by atoms with Gasteiger partial charge in [-0.2, -0.15) is 0 Å². The number of nitrogens with one attached hydrogen (secondary N) is 1. The third-order valence-corrected chi connectivity index (χ3v) is 4.24. The molecule has 0 saturated carbocycles. The summed E-state index contributed by atoms with van der Waals surface area (Å²) in [5.41, 5.74) is 5.36. The average Bonchev–Trinajstić information content (AvgIpc) is 2.94. The molecule has 0 aromatic heterocycles. The second-order valence-electron chi connectivity index (χ2n) is 5.85. The number of para-hydroxylation sites is 1. The molecule has 3 rings (SSSR count). The largest absolute Gasteiger partial charge is 0.491 e. The Morgan fingerprint density at radius 1 is 1.23 bits per heavy atom. The molecule has 0 fully saturated rings. The Hall–Kier alpha value is -1.84. The Kier molecular flexibility index (Phi) is 4.76. The molecular weight excluding hydrogens is 274 g/mol. The highest BCUT2D eigenvalue weighted by molar-refractivity contribution is 5.38. The maximum absolute atomic E-state index is 8.92. The molecule has 0 radical (unpaired) electrons. The van der Waals surface area contributed by atoms with E-state index in [4.69, 9.17) is 9.84 Å². The highest BCUT2D eigenvalue weighted by Crippen LogP contribution is 2.32. The van der Waals surface area contributed by atoms with Gasteiger partial charge in [-0.15, -0.1) is 0 Å². The van der Waals surface area contributed by atoms with Gasteiger partial charge in [0, 0.05) is 18.2 Å². The van der Waals surface area contributed by atoms with Gasteiger partial charge in [0.2, 0.25) is 0 Å². The molecule has 0 aliphatic heterocycles. The third kappa shape index (κ3) is 3.32. The van der Waals surface area contributed by atoms with Crippen molar-refractivity contribution in [3.8, 4) is 5.75 Å². The number of benzene rings is 2. The van der Waals surface area contributed by atoms with Crippen LogP contribution in [0.2, 0.25) is 0 Å². The third-order valence-electron chi connectivity index (χ3n) is 4.24. The Morgan fingerprint density at radius 2 is 2.09 bits per heavy atom. The van der Waals surface area contributed by atoms with Gasteiger partial charge >= 0.3 is 0 Å². The summed E-state index contributed by atoms with van der Waals surface area (Å²) in [7, 11) is 0. The average molecular weight is 297 g/mol. The molecule has 0 amide bonds. The van der Waals surface area contributed by atoms with E-state index in [2.05, 4.69) is 36.5 Å². The molecule has 22 heavy (non-hydrogen) atoms. The SMILES string of the molecule is Cc1ccc2c(c1)[C@@H](NCc1ccccc1OCCO)CC2. The summed E-state index contributed by atoms with van der Waals surface area (Å²) in [5.74, 6) is 0.853. The molecule has 1 aliphatic carbocycles. The fourth-order valence-electron chi connectivity index (χ4n) is 3.11. The number of ether oxygens (including phenoxy) is 1. The van der Waals surface area contributed by atoms with Gasteiger partial charge in [0.05, 0.1) is 6.61 Å². The Morgan fingerprint density at radius 3 is 2.95 bits per heavy atom. The topological polar surface area (TPSA) is 41.5 Å². The molecule has 2 N–H and O–H groups in total. The molecule has 0 saturated heterocycles. The summed E-state index contributed by atoms with van der Waals surface area (Å²) in [4.78, 5) is 0. The van der Waals surface area contributed by atoms with Gasteiger partial charge in [-0.3, -0.25) is 0 Å². The van der Waals surface area contributed by atoms with Crippen LogP contribution in [0.4, 0.5) is 0 Å². The van der Waals surface area contributed by atoms with E-state index in [1.54, 1.807) is 0 Å². The second-order valence-corrected chi connectivity index (χ2v) is 5.85. The number of hydrogen-bond donors (Lipinski definition) is 2. The van der Waals surface area contributed by atoms with Crippen molar-refractivity contribution in [3.63, 3.8) is 0 Å². The lowest BCUT2D eigenvalue weighted by Gasteiger charge is -2.16. The van der Waals surface area contributed by atoms with E-state index in [1.165, 1.54) is 16.7 Å². The Bertz CT molecular complexity index is 639. The molecule has 0 spiro atoms. The summed E-state index contributed by atoms with van der Waals surface area (Å²) < 4.78 is 5.60. The van der Waals surface area contributed by atoms with Gasteiger partial charge in [0.1, 0.15) is 12.4 Å². The lowest BCUT2D eigenvalue weighted by atomic mass is 10.0. The molecule has 1 atom stereocenters. The van der Waals surface area contributed by atoms with Crippen molar-refractivity contribution in [2.75, 3.05) is 13.2 Å². The van der Waals surface area contributed by atoms with Crippen molar-refractivity contribution in [3.05, 3.63) is 64.7 Å². The fraction of sp³-hybridized carbons (Fsp3) is 0.368. The molecule has 2 aromatic rings. The van der Waals surface area contributed by atoms with Crippen LogP contribution in [-0.4, -0.2) is 18.3 Å². The van der Waals surface area contributed by atoms with Crippen molar-refractivity contribution in [1.82, 2.24) is 5.32 Å². The van der Waals surface area contributed by atoms with Crippen LogP contribution in [0.15, 0.2) is 42.5 Å². The molecule has 3 nitrogen and oxygen atoms in total. The van der Waals surface area contributed by atoms with E-state index >= 15 is 0 Å². The highest BCUT2D eigenvalue weighted by atomic mass is 16.5. The summed E-state index contributed by atoms with van der Waals surface area (Å²) in [5, 5.41) is 12.6. The van der Waals surface area contributed by atoms with Gasteiger partial charge in [0.15, 0.2) is 0 Å². The van der Waals surface area contributed by atoms with Crippen LogP contribution < -0.4 is 10.1 Å². The molecule has 1 aliphatic rings. The molecule has 0 unspecified atom stereocenters. The first-order valence-electron chi connectivity index (χ1n) is 7.92. The number of aliphatic hydroxyl groups excluding tert-OH is 1. The lowest BCUT2D eigenvalue weighted by Crippen LogP contribution is -2.19. The quantitative estimate of drug-likeness (QED) is 0.860. The van der Waals surface area contributed by atoms with Crippen LogP contribution in [0.3, 0.4) is 0 Å². The van der Waals surface area contributed by atoms with Gasteiger partial charge < -0.3 is 15.2 Å². The minimum Gasteiger partial charge on any atom is -0.491 e. The first kappa shape index (κ1) is 15.1. The summed E-state index contributed by atoms with van der Waals surface area (Å²) in [6, 6.07) is 15.2. The maximum Gasteiger partial charge on any atom is 0.123 e. The summed E-state index contributed by atoms with van der Waals surface area (Å²) >= 11 is 0. The lowest BCUT2D eigenvalue weighted by molar-refractivity contribution is 0.200. The molecule has 0 heterocycles. The predicted molar refractivity (Wildman–Crippen MR) is 88.1 cm³/mol. The zero-order chi connectivity index (χ0) is 15.4. The van der Waals surface area contributed by atoms with Crippen LogP contribution in [0.5, 0.6) is 5.75 Å². The van der Waals surface area contributed by atoms with Gasteiger partial charge in [-0.05, 0) is 37.0 Å². The molecular formula is C19H23NO2. The molecule has 2 aromatic carbocycles. The fourth-order valence-corrected chi connectivity index (χ4v) is 3.11. The van der Waals surface area contributed by atoms with Crippen LogP contribution in [0.25, 0.3) is 0 Å². The van der Waals surface area contributed by atoms with Gasteiger partial charge in [0.25, 0.3) is 0 Å². The number of aliphatic hydroxyl groups is 1. The van der Waals surface area contributed by atoms with Crippen LogP contribution >= 0.6 is 0 Å². The zero-order valence-electron chi connectivity index (χ0n) is 13.0. The van der Waals surface area contributed by atoms with Crippen LogP contribution in [0.1, 0.15) is 34.7 Å². The Labute approximate surface area is 131 Å². The van der Waals surface area contributed by atoms with E-state index in [0.717, 1.165) is 30.7 Å². The first-order valence-corrected chi connectivity index (χ1v) is 7.92. The molecule has 116 valence electrons. The van der Waals surface area contributed by atoms with Crippen molar-refractivity contribution < 1.29 is 9.84 Å². The maximum atomic E-state index is 8.92. The number of fused-ring (bicyclic) bond motifs is 1. The van der Waals surface area contributed by atoms with Crippen molar-refractivity contribution in [2.24, 2.45) is 0 Å². The number of aryl methyl sites for hydroxylation is 2. The van der Waals surface area contributed by atoms with Gasteiger partial charge in [-0.25, -0.2) is 0 Å².